The van der Waals surface area contributed by atoms with E-state index in [1.54, 1.807) is 24.5 Å². The number of aromatic amines is 1. The number of para-hydroxylation sites is 1. The minimum absolute atomic E-state index is 0. The summed E-state index contributed by atoms with van der Waals surface area (Å²) in [7, 11) is 2.78. The molecule has 0 radical (unpaired) electrons. The molecule has 2 aromatic rings. The number of rotatable bonds is 3. The highest BCUT2D eigenvalue weighted by Gasteiger charge is 2.20. The zero-order valence-corrected chi connectivity index (χ0v) is 12.1. The fraction of sp³-hybridized carbons (Fsp3) is 0.231. The Morgan fingerprint density at radius 1 is 1.30 bits per heavy atom. The lowest BCUT2D eigenvalue weighted by Crippen LogP contribution is -2.19. The number of aromatic nitrogens is 1. The van der Waals surface area contributed by atoms with Gasteiger partial charge in [0.25, 0.3) is 0 Å². The van der Waals surface area contributed by atoms with E-state index in [-0.39, 0.29) is 16.5 Å². The molecule has 7 heteroatoms. The third kappa shape index (κ3) is 2.50. The monoisotopic (exact) mass is 297 g/mol. The highest BCUT2D eigenvalue weighted by molar-refractivity contribution is 7.98. The number of H-pyrrole nitrogens is 1. The fourth-order valence-electron chi connectivity index (χ4n) is 1.87. The molecular formula is C13H15NO5S. The second kappa shape index (κ2) is 6.44. The average molecular weight is 297 g/mol. The SMILES string of the molecule is COC(=O)c1c(SC)[nH]c2c(OC)cccc2c1=O.O. The van der Waals surface area contributed by atoms with Crippen molar-refractivity contribution in [3.05, 3.63) is 34.0 Å². The molecule has 0 aliphatic rings. The van der Waals surface area contributed by atoms with E-state index in [1.165, 1.54) is 26.0 Å². The van der Waals surface area contributed by atoms with Crippen LogP contribution in [0.25, 0.3) is 10.9 Å². The van der Waals surface area contributed by atoms with Crippen LogP contribution in [0.5, 0.6) is 5.75 Å². The maximum absolute atomic E-state index is 12.4. The minimum Gasteiger partial charge on any atom is -0.495 e. The van der Waals surface area contributed by atoms with Crippen LogP contribution < -0.4 is 10.2 Å². The second-order valence-electron chi connectivity index (χ2n) is 3.74. The van der Waals surface area contributed by atoms with E-state index < -0.39 is 5.97 Å². The summed E-state index contributed by atoms with van der Waals surface area (Å²) in [4.78, 5) is 27.2. The third-order valence-corrected chi connectivity index (χ3v) is 3.49. The number of hydrogen-bond acceptors (Lipinski definition) is 5. The Labute approximate surface area is 119 Å². The van der Waals surface area contributed by atoms with E-state index in [9.17, 15) is 9.59 Å². The first kappa shape index (κ1) is 16.1. The molecule has 0 spiro atoms. The number of carbonyl (C=O) groups is 1. The van der Waals surface area contributed by atoms with Gasteiger partial charge in [-0.25, -0.2) is 4.79 Å². The number of ether oxygens (including phenoxy) is 2. The number of hydrogen-bond donors (Lipinski definition) is 1. The fourth-order valence-corrected chi connectivity index (χ4v) is 2.46. The Hall–Kier alpha value is -1.99. The Bertz CT molecular complexity index is 695. The smallest absolute Gasteiger partial charge is 0.344 e. The van der Waals surface area contributed by atoms with Crippen molar-refractivity contribution in [1.82, 2.24) is 4.98 Å². The van der Waals surface area contributed by atoms with Crippen molar-refractivity contribution in [1.29, 1.82) is 0 Å². The lowest BCUT2D eigenvalue weighted by Gasteiger charge is -2.10. The summed E-state index contributed by atoms with van der Waals surface area (Å²) in [5.41, 5.74) is 0.242. The topological polar surface area (TPSA) is 99.9 Å². The predicted octanol–water partition coefficient (Wildman–Crippen LogP) is 1.22. The summed E-state index contributed by atoms with van der Waals surface area (Å²) in [6, 6.07) is 5.10. The van der Waals surface area contributed by atoms with Gasteiger partial charge in [-0.2, -0.15) is 0 Å². The van der Waals surface area contributed by atoms with Crippen molar-refractivity contribution in [3.63, 3.8) is 0 Å². The molecule has 0 amide bonds. The first-order chi connectivity index (χ1) is 9.13. The van der Waals surface area contributed by atoms with Crippen molar-refractivity contribution in [2.24, 2.45) is 0 Å². The van der Waals surface area contributed by atoms with Gasteiger partial charge in [-0.15, -0.1) is 11.8 Å². The summed E-state index contributed by atoms with van der Waals surface area (Å²) >= 11 is 1.28. The molecule has 6 nitrogen and oxygen atoms in total. The summed E-state index contributed by atoms with van der Waals surface area (Å²) < 4.78 is 9.87. The first-order valence-electron chi connectivity index (χ1n) is 5.49. The summed E-state index contributed by atoms with van der Waals surface area (Å²) in [5, 5.41) is 0.867. The lowest BCUT2D eigenvalue weighted by molar-refractivity contribution is 0.0594. The molecule has 0 aliphatic heterocycles. The van der Waals surface area contributed by atoms with Crippen LogP contribution in [0.15, 0.2) is 28.0 Å². The molecule has 0 bridgehead atoms. The van der Waals surface area contributed by atoms with Crippen LogP contribution in [0, 0.1) is 0 Å². The summed E-state index contributed by atoms with van der Waals surface area (Å²) in [6.45, 7) is 0. The van der Waals surface area contributed by atoms with Crippen LogP contribution in [0.2, 0.25) is 0 Å². The van der Waals surface area contributed by atoms with Gasteiger partial charge in [0.1, 0.15) is 11.3 Å². The predicted molar refractivity (Wildman–Crippen MR) is 77.9 cm³/mol. The van der Waals surface area contributed by atoms with Gasteiger partial charge in [0.05, 0.1) is 30.1 Å². The van der Waals surface area contributed by atoms with E-state index in [4.69, 9.17) is 4.74 Å². The highest BCUT2D eigenvalue weighted by atomic mass is 32.2. The zero-order chi connectivity index (χ0) is 14.0. The van der Waals surface area contributed by atoms with E-state index in [0.29, 0.717) is 21.7 Å². The average Bonchev–Trinajstić information content (AvgIpc) is 2.45. The van der Waals surface area contributed by atoms with Crippen molar-refractivity contribution < 1.29 is 19.7 Å². The van der Waals surface area contributed by atoms with Crippen LogP contribution in [0.3, 0.4) is 0 Å². The summed E-state index contributed by atoms with van der Waals surface area (Å²) in [5.74, 6) is -0.0864. The standard InChI is InChI=1S/C13H13NO4S.H2O/c1-17-8-6-4-5-7-10(8)14-12(19-3)9(11(7)15)13(16)18-2;/h4-6H,1-3H3,(H,14,15);1H2. The van der Waals surface area contributed by atoms with Crippen LogP contribution >= 0.6 is 11.8 Å². The molecule has 0 fully saturated rings. The van der Waals surface area contributed by atoms with Gasteiger partial charge >= 0.3 is 5.97 Å². The van der Waals surface area contributed by atoms with E-state index >= 15 is 0 Å². The number of esters is 1. The Balaban J connectivity index is 0.00000200. The maximum Gasteiger partial charge on any atom is 0.344 e. The van der Waals surface area contributed by atoms with Crippen LogP contribution in [-0.2, 0) is 4.74 Å². The Morgan fingerprint density at radius 2 is 2.00 bits per heavy atom. The van der Waals surface area contributed by atoms with Gasteiger partial charge < -0.3 is 19.9 Å². The lowest BCUT2D eigenvalue weighted by atomic mass is 10.1. The Kier molecular flexibility index (Phi) is 5.18. The largest absolute Gasteiger partial charge is 0.495 e. The van der Waals surface area contributed by atoms with Crippen molar-refractivity contribution in [2.45, 2.75) is 5.03 Å². The normalized spacial score (nSPS) is 9.95. The van der Waals surface area contributed by atoms with E-state index in [0.717, 1.165) is 0 Å². The molecule has 3 N–H and O–H groups in total. The molecular weight excluding hydrogens is 282 g/mol. The van der Waals surface area contributed by atoms with Gasteiger partial charge in [0.15, 0.2) is 0 Å². The first-order valence-corrected chi connectivity index (χ1v) is 6.71. The van der Waals surface area contributed by atoms with E-state index in [1.807, 2.05) is 0 Å². The van der Waals surface area contributed by atoms with Gasteiger partial charge in [0, 0.05) is 0 Å². The number of benzene rings is 1. The van der Waals surface area contributed by atoms with Gasteiger partial charge in [-0.1, -0.05) is 6.07 Å². The quantitative estimate of drug-likeness (QED) is 0.678. The highest BCUT2D eigenvalue weighted by Crippen LogP contribution is 2.26. The molecule has 0 saturated heterocycles. The number of carbonyl (C=O) groups excluding carboxylic acids is 1. The number of nitrogens with one attached hydrogen (secondary N) is 1. The molecule has 0 saturated carbocycles. The molecule has 108 valence electrons. The number of pyridine rings is 1. The van der Waals surface area contributed by atoms with Crippen molar-refractivity contribution in [2.75, 3.05) is 20.5 Å². The van der Waals surface area contributed by atoms with Gasteiger partial charge in [-0.05, 0) is 18.4 Å². The number of fused-ring (bicyclic) bond motifs is 1. The molecule has 1 heterocycles. The molecule has 0 unspecified atom stereocenters. The van der Waals surface area contributed by atoms with E-state index in [2.05, 4.69) is 9.72 Å². The van der Waals surface area contributed by atoms with Crippen LogP contribution in [-0.4, -0.2) is 36.9 Å². The molecule has 0 atom stereocenters. The number of methoxy groups -OCH3 is 2. The van der Waals surface area contributed by atoms with Crippen LogP contribution in [0.1, 0.15) is 10.4 Å². The number of thioether (sulfide) groups is 1. The molecule has 1 aromatic carbocycles. The second-order valence-corrected chi connectivity index (χ2v) is 4.55. The van der Waals surface area contributed by atoms with Crippen molar-refractivity contribution in [3.8, 4) is 5.75 Å². The van der Waals surface area contributed by atoms with Gasteiger partial charge in [0.2, 0.25) is 5.43 Å². The molecule has 20 heavy (non-hydrogen) atoms. The minimum atomic E-state index is -0.643. The van der Waals surface area contributed by atoms with Gasteiger partial charge in [-0.3, -0.25) is 4.79 Å². The molecule has 0 aliphatic carbocycles. The maximum atomic E-state index is 12.4. The van der Waals surface area contributed by atoms with Crippen LogP contribution in [0.4, 0.5) is 0 Å². The van der Waals surface area contributed by atoms with Crippen molar-refractivity contribution >= 4 is 28.6 Å². The summed E-state index contributed by atoms with van der Waals surface area (Å²) in [6.07, 6.45) is 1.78. The Morgan fingerprint density at radius 3 is 2.55 bits per heavy atom. The zero-order valence-electron chi connectivity index (χ0n) is 11.3. The molecule has 1 aromatic heterocycles. The molecule has 2 rings (SSSR count). The third-order valence-electron chi connectivity index (χ3n) is 2.78.